The molecule has 0 spiro atoms. The Morgan fingerprint density at radius 3 is 3.00 bits per heavy atom. The average Bonchev–Trinajstić information content (AvgIpc) is 1.89. The lowest BCUT2D eigenvalue weighted by Crippen LogP contribution is -2.03. The molecule has 0 heterocycles. The average molecular weight is 144 g/mol. The molecule has 0 aliphatic carbocycles. The number of carbonyl (C=O) groups excluding carboxylic acids is 1. The Labute approximate surface area is 59.0 Å². The molecule has 0 atom stereocenters. The third kappa shape index (κ3) is 5.25. The molecule has 0 unspecified atom stereocenters. The molecule has 3 heteroatoms. The number of rotatable bonds is 3. The molecule has 0 radical (unpaired) electrons. The molecule has 0 aromatic rings. The van der Waals surface area contributed by atoms with E-state index in [9.17, 15) is 4.79 Å². The lowest BCUT2D eigenvalue weighted by Gasteiger charge is -1.93. The largest absolute Gasteiger partial charge is 0.468 e. The van der Waals surface area contributed by atoms with Gasteiger partial charge in [0.05, 0.1) is 18.6 Å². The van der Waals surface area contributed by atoms with Crippen molar-refractivity contribution in [1.82, 2.24) is 0 Å². The van der Waals surface area contributed by atoms with Gasteiger partial charge in [-0.1, -0.05) is 5.92 Å². The third-order valence-corrected chi connectivity index (χ3v) is 1.44. The van der Waals surface area contributed by atoms with Crippen molar-refractivity contribution in [3.63, 3.8) is 0 Å². The Morgan fingerprint density at radius 1 is 1.89 bits per heavy atom. The summed E-state index contributed by atoms with van der Waals surface area (Å²) < 4.78 is 4.37. The maximum absolute atomic E-state index is 10.4. The second kappa shape index (κ2) is 5.52. The van der Waals surface area contributed by atoms with Crippen LogP contribution in [0, 0.1) is 12.3 Å². The van der Waals surface area contributed by atoms with Crippen LogP contribution in [0.4, 0.5) is 0 Å². The van der Waals surface area contributed by atoms with E-state index in [0.29, 0.717) is 11.5 Å². The molecule has 0 rings (SSSR count). The van der Waals surface area contributed by atoms with Crippen molar-refractivity contribution < 1.29 is 9.53 Å². The molecule has 0 amide bonds. The van der Waals surface area contributed by atoms with Crippen molar-refractivity contribution in [1.29, 1.82) is 0 Å². The molecule has 2 nitrogen and oxygen atoms in total. The Bertz CT molecular complexity index is 126. The van der Waals surface area contributed by atoms with Crippen molar-refractivity contribution >= 4 is 17.7 Å². The molecule has 0 aromatic carbocycles. The zero-order chi connectivity index (χ0) is 7.11. The predicted molar refractivity (Wildman–Crippen MR) is 38.2 cm³/mol. The highest BCUT2D eigenvalue weighted by Crippen LogP contribution is 1.97. The number of terminal acetylenes is 1. The Kier molecular flexibility index (Phi) is 5.14. The second-order valence-corrected chi connectivity index (χ2v) is 2.26. The van der Waals surface area contributed by atoms with Crippen molar-refractivity contribution in [3.05, 3.63) is 0 Å². The van der Waals surface area contributed by atoms with E-state index >= 15 is 0 Å². The number of esters is 1. The van der Waals surface area contributed by atoms with Crippen molar-refractivity contribution in [3.8, 4) is 12.3 Å². The fraction of sp³-hybridized carbons (Fsp3) is 0.500. The van der Waals surface area contributed by atoms with Crippen LogP contribution in [0.3, 0.4) is 0 Å². The minimum atomic E-state index is -0.227. The van der Waals surface area contributed by atoms with Crippen LogP contribution in [-0.4, -0.2) is 24.6 Å². The minimum absolute atomic E-state index is 0.227. The summed E-state index contributed by atoms with van der Waals surface area (Å²) >= 11 is 1.38. The molecule has 0 bridgehead atoms. The van der Waals surface area contributed by atoms with Gasteiger partial charge in [0.15, 0.2) is 0 Å². The standard InChI is InChI=1S/C6H8O2S/c1-3-4-9-5-6(7)8-2/h1H,4-5H2,2H3. The molecule has 0 aliphatic rings. The summed E-state index contributed by atoms with van der Waals surface area (Å²) in [6, 6.07) is 0. The molecule has 50 valence electrons. The fourth-order valence-electron chi connectivity index (χ4n) is 0.252. The molecular weight excluding hydrogens is 136 g/mol. The van der Waals surface area contributed by atoms with Crippen LogP contribution in [-0.2, 0) is 9.53 Å². The first-order chi connectivity index (χ1) is 4.31. The fourth-order valence-corrected chi connectivity index (χ4v) is 0.757. The lowest BCUT2D eigenvalue weighted by atomic mass is 10.8. The number of methoxy groups -OCH3 is 1. The van der Waals surface area contributed by atoms with Crippen LogP contribution in [0.25, 0.3) is 0 Å². The number of hydrogen-bond acceptors (Lipinski definition) is 3. The summed E-state index contributed by atoms with van der Waals surface area (Å²) in [5.41, 5.74) is 0. The second-order valence-electron chi connectivity index (χ2n) is 1.27. The van der Waals surface area contributed by atoms with Crippen LogP contribution in [0.2, 0.25) is 0 Å². The summed E-state index contributed by atoms with van der Waals surface area (Å²) in [6.07, 6.45) is 4.93. The summed E-state index contributed by atoms with van der Waals surface area (Å²) in [6.45, 7) is 0. The maximum Gasteiger partial charge on any atom is 0.315 e. The first-order valence-electron chi connectivity index (χ1n) is 2.39. The van der Waals surface area contributed by atoms with Crippen molar-refractivity contribution in [2.45, 2.75) is 0 Å². The van der Waals surface area contributed by atoms with Gasteiger partial charge in [0, 0.05) is 0 Å². The molecule has 0 fully saturated rings. The maximum atomic E-state index is 10.4. The van der Waals surface area contributed by atoms with Gasteiger partial charge in [-0.3, -0.25) is 4.79 Å². The van der Waals surface area contributed by atoms with Gasteiger partial charge in [-0.15, -0.1) is 18.2 Å². The smallest absolute Gasteiger partial charge is 0.315 e. The van der Waals surface area contributed by atoms with Gasteiger partial charge >= 0.3 is 5.97 Å². The summed E-state index contributed by atoms with van der Waals surface area (Å²) in [4.78, 5) is 10.4. The van der Waals surface area contributed by atoms with Crippen molar-refractivity contribution in [2.24, 2.45) is 0 Å². The highest BCUT2D eigenvalue weighted by Gasteiger charge is 1.96. The monoisotopic (exact) mass is 144 g/mol. The van der Waals surface area contributed by atoms with Crippen LogP contribution >= 0.6 is 11.8 Å². The van der Waals surface area contributed by atoms with Gasteiger partial charge in [0.25, 0.3) is 0 Å². The van der Waals surface area contributed by atoms with E-state index in [1.165, 1.54) is 18.9 Å². The van der Waals surface area contributed by atoms with E-state index in [1.807, 2.05) is 0 Å². The van der Waals surface area contributed by atoms with E-state index < -0.39 is 0 Å². The quantitative estimate of drug-likeness (QED) is 0.328. The van der Waals surface area contributed by atoms with Gasteiger partial charge in [0.1, 0.15) is 0 Å². The molecule has 0 aliphatic heterocycles. The van der Waals surface area contributed by atoms with Crippen LogP contribution < -0.4 is 0 Å². The third-order valence-electron chi connectivity index (χ3n) is 0.633. The zero-order valence-electron chi connectivity index (χ0n) is 5.22. The van der Waals surface area contributed by atoms with Crippen LogP contribution in [0.1, 0.15) is 0 Å². The normalized spacial score (nSPS) is 8.00. The lowest BCUT2D eigenvalue weighted by molar-refractivity contribution is -0.137. The van der Waals surface area contributed by atoms with E-state index in [4.69, 9.17) is 6.42 Å². The van der Waals surface area contributed by atoms with Crippen LogP contribution in [0.15, 0.2) is 0 Å². The summed E-state index contributed by atoms with van der Waals surface area (Å²) in [5.74, 6) is 3.09. The molecule has 0 saturated heterocycles. The number of thioether (sulfide) groups is 1. The number of ether oxygens (including phenoxy) is 1. The van der Waals surface area contributed by atoms with Crippen LogP contribution in [0.5, 0.6) is 0 Å². The summed E-state index contributed by atoms with van der Waals surface area (Å²) in [7, 11) is 1.36. The molecule has 9 heavy (non-hydrogen) atoms. The predicted octanol–water partition coefficient (Wildman–Crippen LogP) is 0.526. The molecular formula is C6H8O2S. The Hall–Kier alpha value is -0.620. The van der Waals surface area contributed by atoms with Crippen molar-refractivity contribution in [2.75, 3.05) is 18.6 Å². The van der Waals surface area contributed by atoms with Gasteiger partial charge in [-0.2, -0.15) is 0 Å². The van der Waals surface area contributed by atoms with E-state index in [-0.39, 0.29) is 5.97 Å². The number of hydrogen-bond donors (Lipinski definition) is 0. The van der Waals surface area contributed by atoms with E-state index in [0.717, 1.165) is 0 Å². The summed E-state index contributed by atoms with van der Waals surface area (Å²) in [5, 5.41) is 0. The molecule has 0 aromatic heterocycles. The van der Waals surface area contributed by atoms with Gasteiger partial charge in [-0.25, -0.2) is 0 Å². The highest BCUT2D eigenvalue weighted by molar-refractivity contribution is 8.00. The minimum Gasteiger partial charge on any atom is -0.468 e. The van der Waals surface area contributed by atoms with E-state index in [1.54, 1.807) is 0 Å². The molecule has 0 N–H and O–H groups in total. The topological polar surface area (TPSA) is 26.3 Å². The SMILES string of the molecule is C#CCSCC(=O)OC. The Morgan fingerprint density at radius 2 is 2.56 bits per heavy atom. The first kappa shape index (κ1) is 8.38. The van der Waals surface area contributed by atoms with E-state index in [2.05, 4.69) is 10.7 Å². The number of carbonyl (C=O) groups is 1. The molecule has 0 saturated carbocycles. The van der Waals surface area contributed by atoms with Gasteiger partial charge < -0.3 is 4.74 Å². The first-order valence-corrected chi connectivity index (χ1v) is 3.54. The highest BCUT2D eigenvalue weighted by atomic mass is 32.2. The van der Waals surface area contributed by atoms with Gasteiger partial charge in [0.2, 0.25) is 0 Å². The Balaban J connectivity index is 3.09. The zero-order valence-corrected chi connectivity index (χ0v) is 6.03. The van der Waals surface area contributed by atoms with Gasteiger partial charge in [-0.05, 0) is 0 Å².